The van der Waals surface area contributed by atoms with Gasteiger partial charge in [-0.15, -0.1) is 0 Å². The van der Waals surface area contributed by atoms with Gasteiger partial charge in [-0.25, -0.2) is 4.39 Å². The van der Waals surface area contributed by atoms with Gasteiger partial charge in [0.25, 0.3) is 0 Å². The standard InChI is InChI=1S/C15H17FO2/c1-10(17)5-4-6-11-9-14(16)12-7-2-3-8-13(12)15(11)18/h2-3,7-10,17-18H,4-6H2,1H3/t10-/m0/s1. The highest BCUT2D eigenvalue weighted by atomic mass is 19.1. The van der Waals surface area contributed by atoms with Crippen LogP contribution in [-0.4, -0.2) is 16.3 Å². The van der Waals surface area contributed by atoms with Crippen LogP contribution in [0.1, 0.15) is 25.3 Å². The number of benzene rings is 2. The minimum absolute atomic E-state index is 0.151. The van der Waals surface area contributed by atoms with Crippen LogP contribution >= 0.6 is 0 Å². The maximum atomic E-state index is 13.9. The van der Waals surface area contributed by atoms with Crippen molar-refractivity contribution in [2.24, 2.45) is 0 Å². The summed E-state index contributed by atoms with van der Waals surface area (Å²) in [6, 6.07) is 8.29. The Labute approximate surface area is 106 Å². The number of phenols is 1. The topological polar surface area (TPSA) is 40.5 Å². The summed E-state index contributed by atoms with van der Waals surface area (Å²) in [5.41, 5.74) is 0.604. The third-order valence-electron chi connectivity index (χ3n) is 3.11. The zero-order valence-electron chi connectivity index (χ0n) is 10.4. The lowest BCUT2D eigenvalue weighted by Crippen LogP contribution is -2.00. The third-order valence-corrected chi connectivity index (χ3v) is 3.11. The molecule has 0 heterocycles. The first-order valence-corrected chi connectivity index (χ1v) is 6.16. The highest BCUT2D eigenvalue weighted by molar-refractivity contribution is 5.89. The monoisotopic (exact) mass is 248 g/mol. The maximum absolute atomic E-state index is 13.9. The van der Waals surface area contributed by atoms with E-state index in [1.165, 1.54) is 6.07 Å². The number of halogens is 1. The number of aryl methyl sites for hydroxylation is 1. The summed E-state index contributed by atoms with van der Waals surface area (Å²) in [5.74, 6) is -0.159. The average Bonchev–Trinajstić information content (AvgIpc) is 2.35. The van der Waals surface area contributed by atoms with Crippen molar-refractivity contribution in [3.63, 3.8) is 0 Å². The molecule has 2 rings (SSSR count). The number of fused-ring (bicyclic) bond motifs is 1. The predicted octanol–water partition coefficient (Wildman–Crippen LogP) is 3.39. The molecule has 0 aliphatic carbocycles. The van der Waals surface area contributed by atoms with Crippen LogP contribution in [0.5, 0.6) is 5.75 Å². The molecule has 0 saturated heterocycles. The van der Waals surface area contributed by atoms with Gasteiger partial charge in [0.15, 0.2) is 0 Å². The van der Waals surface area contributed by atoms with Crippen molar-refractivity contribution >= 4 is 10.8 Å². The third kappa shape index (κ3) is 2.62. The molecule has 3 heteroatoms. The van der Waals surface area contributed by atoms with E-state index in [2.05, 4.69) is 0 Å². The van der Waals surface area contributed by atoms with Crippen molar-refractivity contribution in [3.05, 3.63) is 41.7 Å². The summed E-state index contributed by atoms with van der Waals surface area (Å²) in [5, 5.41) is 20.3. The van der Waals surface area contributed by atoms with Gasteiger partial charge in [0.05, 0.1) is 6.10 Å². The zero-order valence-corrected chi connectivity index (χ0v) is 10.4. The highest BCUT2D eigenvalue weighted by Gasteiger charge is 2.11. The second-order valence-corrected chi connectivity index (χ2v) is 4.65. The van der Waals surface area contributed by atoms with Crippen molar-refractivity contribution in [2.75, 3.05) is 0 Å². The fraction of sp³-hybridized carbons (Fsp3) is 0.333. The summed E-state index contributed by atoms with van der Waals surface area (Å²) in [4.78, 5) is 0. The first-order chi connectivity index (χ1) is 8.59. The summed E-state index contributed by atoms with van der Waals surface area (Å²) in [6.07, 6.45) is 1.58. The van der Waals surface area contributed by atoms with E-state index in [0.29, 0.717) is 29.2 Å². The number of aromatic hydroxyl groups is 1. The molecule has 0 amide bonds. The van der Waals surface area contributed by atoms with Gasteiger partial charge in [0, 0.05) is 10.8 Å². The number of phenolic OH excluding ortho intramolecular Hbond substituents is 1. The first kappa shape index (κ1) is 12.8. The van der Waals surface area contributed by atoms with Gasteiger partial charge in [-0.3, -0.25) is 0 Å². The lowest BCUT2D eigenvalue weighted by atomic mass is 10.00. The van der Waals surface area contributed by atoms with E-state index in [1.54, 1.807) is 31.2 Å². The van der Waals surface area contributed by atoms with Crippen molar-refractivity contribution in [3.8, 4) is 5.75 Å². The van der Waals surface area contributed by atoms with Gasteiger partial charge in [-0.2, -0.15) is 0 Å². The van der Waals surface area contributed by atoms with Gasteiger partial charge < -0.3 is 10.2 Å². The predicted molar refractivity (Wildman–Crippen MR) is 70.2 cm³/mol. The Bertz CT molecular complexity index is 549. The second-order valence-electron chi connectivity index (χ2n) is 4.65. The molecule has 0 saturated carbocycles. The van der Waals surface area contributed by atoms with Gasteiger partial charge in [0.2, 0.25) is 0 Å². The minimum Gasteiger partial charge on any atom is -0.507 e. The quantitative estimate of drug-likeness (QED) is 0.870. The molecule has 18 heavy (non-hydrogen) atoms. The Morgan fingerprint density at radius 1 is 1.22 bits per heavy atom. The summed E-state index contributed by atoms with van der Waals surface area (Å²) >= 11 is 0. The molecule has 2 aromatic rings. The number of rotatable bonds is 4. The molecule has 96 valence electrons. The Morgan fingerprint density at radius 2 is 1.89 bits per heavy atom. The van der Waals surface area contributed by atoms with Crippen LogP contribution in [0, 0.1) is 5.82 Å². The van der Waals surface area contributed by atoms with E-state index in [4.69, 9.17) is 0 Å². The van der Waals surface area contributed by atoms with E-state index in [1.807, 2.05) is 0 Å². The van der Waals surface area contributed by atoms with Crippen LogP contribution in [0.2, 0.25) is 0 Å². The molecule has 2 N–H and O–H groups in total. The second kappa shape index (κ2) is 5.36. The minimum atomic E-state index is -0.363. The molecule has 0 aromatic heterocycles. The molecule has 0 bridgehead atoms. The van der Waals surface area contributed by atoms with E-state index in [0.717, 1.165) is 6.42 Å². The van der Waals surface area contributed by atoms with Crippen LogP contribution in [0.25, 0.3) is 10.8 Å². The fourth-order valence-corrected chi connectivity index (χ4v) is 2.15. The van der Waals surface area contributed by atoms with Crippen LogP contribution in [0.4, 0.5) is 4.39 Å². The molecule has 2 aromatic carbocycles. The van der Waals surface area contributed by atoms with Crippen molar-refractivity contribution < 1.29 is 14.6 Å². The smallest absolute Gasteiger partial charge is 0.131 e. The van der Waals surface area contributed by atoms with Crippen LogP contribution in [0.15, 0.2) is 30.3 Å². The molecule has 1 atom stereocenters. The Hall–Kier alpha value is -1.61. The summed E-state index contributed by atoms with van der Waals surface area (Å²) in [7, 11) is 0. The average molecular weight is 248 g/mol. The normalized spacial score (nSPS) is 12.8. The molecular weight excluding hydrogens is 231 g/mol. The summed E-state index contributed by atoms with van der Waals surface area (Å²) < 4.78 is 13.9. The maximum Gasteiger partial charge on any atom is 0.131 e. The molecule has 0 unspecified atom stereocenters. The summed E-state index contributed by atoms with van der Waals surface area (Å²) in [6.45, 7) is 1.72. The zero-order chi connectivity index (χ0) is 13.1. The number of aliphatic hydroxyl groups excluding tert-OH is 1. The van der Waals surface area contributed by atoms with Gasteiger partial charge in [0.1, 0.15) is 11.6 Å². The molecule has 0 spiro atoms. The van der Waals surface area contributed by atoms with Gasteiger partial charge in [-0.05, 0) is 37.8 Å². The number of aliphatic hydroxyl groups is 1. The lowest BCUT2D eigenvalue weighted by molar-refractivity contribution is 0.181. The van der Waals surface area contributed by atoms with E-state index in [9.17, 15) is 14.6 Å². The van der Waals surface area contributed by atoms with Crippen molar-refractivity contribution in [2.45, 2.75) is 32.3 Å². The Morgan fingerprint density at radius 3 is 2.56 bits per heavy atom. The fourth-order valence-electron chi connectivity index (χ4n) is 2.15. The van der Waals surface area contributed by atoms with Crippen LogP contribution in [-0.2, 0) is 6.42 Å². The molecule has 0 aliphatic rings. The Kier molecular flexibility index (Phi) is 3.82. The number of hydrogen-bond donors (Lipinski definition) is 2. The SMILES string of the molecule is C[C@H](O)CCCc1cc(F)c2ccccc2c1O. The van der Waals surface area contributed by atoms with E-state index in [-0.39, 0.29) is 17.7 Å². The molecule has 2 nitrogen and oxygen atoms in total. The van der Waals surface area contributed by atoms with Gasteiger partial charge in [-0.1, -0.05) is 24.3 Å². The highest BCUT2D eigenvalue weighted by Crippen LogP contribution is 2.31. The molecule has 0 aliphatic heterocycles. The van der Waals surface area contributed by atoms with Crippen molar-refractivity contribution in [1.82, 2.24) is 0 Å². The van der Waals surface area contributed by atoms with E-state index >= 15 is 0 Å². The Balaban J connectivity index is 2.31. The van der Waals surface area contributed by atoms with Crippen molar-refractivity contribution in [1.29, 1.82) is 0 Å². The molecule has 0 fully saturated rings. The molecular formula is C15H17FO2. The first-order valence-electron chi connectivity index (χ1n) is 6.16. The lowest BCUT2D eigenvalue weighted by Gasteiger charge is -2.10. The van der Waals surface area contributed by atoms with Gasteiger partial charge >= 0.3 is 0 Å². The number of hydrogen-bond acceptors (Lipinski definition) is 2. The molecule has 0 radical (unpaired) electrons. The van der Waals surface area contributed by atoms with E-state index < -0.39 is 0 Å². The largest absolute Gasteiger partial charge is 0.507 e. The van der Waals surface area contributed by atoms with Crippen LogP contribution < -0.4 is 0 Å². The van der Waals surface area contributed by atoms with Crippen LogP contribution in [0.3, 0.4) is 0 Å².